The molecule has 2 N–H and O–H groups in total. The van der Waals surface area contributed by atoms with Gasteiger partial charge in [0.2, 0.25) is 0 Å². The van der Waals surface area contributed by atoms with Crippen LogP contribution in [-0.4, -0.2) is 11.1 Å². The Morgan fingerprint density at radius 1 is 1.35 bits per heavy atom. The zero-order chi connectivity index (χ0) is 14.7. The predicted octanol–water partition coefficient (Wildman–Crippen LogP) is 4.39. The SMILES string of the molecule is CC(C)C(Nc1cc(C(=O)O)ccc1F)c1cccs1. The molecule has 0 radical (unpaired) electrons. The van der Waals surface area contributed by atoms with E-state index in [-0.39, 0.29) is 23.2 Å². The first-order valence-electron chi connectivity index (χ1n) is 6.32. The molecule has 0 saturated heterocycles. The second-order valence-electron chi connectivity index (χ2n) is 4.88. The van der Waals surface area contributed by atoms with Gasteiger partial charge in [-0.15, -0.1) is 11.3 Å². The minimum absolute atomic E-state index is 0.0476. The Bertz CT molecular complexity index is 596. The van der Waals surface area contributed by atoms with Crippen LogP contribution in [0.5, 0.6) is 0 Å². The molecule has 0 amide bonds. The van der Waals surface area contributed by atoms with Gasteiger partial charge in [0.1, 0.15) is 5.82 Å². The summed E-state index contributed by atoms with van der Waals surface area (Å²) < 4.78 is 13.8. The lowest BCUT2D eigenvalue weighted by Crippen LogP contribution is -2.16. The van der Waals surface area contributed by atoms with E-state index in [1.54, 1.807) is 11.3 Å². The van der Waals surface area contributed by atoms with Gasteiger partial charge in [-0.1, -0.05) is 19.9 Å². The Balaban J connectivity index is 2.31. The van der Waals surface area contributed by atoms with Gasteiger partial charge in [-0.3, -0.25) is 0 Å². The predicted molar refractivity (Wildman–Crippen MR) is 78.9 cm³/mol. The van der Waals surface area contributed by atoms with E-state index in [1.807, 2.05) is 31.4 Å². The highest BCUT2D eigenvalue weighted by Crippen LogP contribution is 2.31. The lowest BCUT2D eigenvalue weighted by Gasteiger charge is -2.23. The van der Waals surface area contributed by atoms with E-state index in [0.29, 0.717) is 0 Å². The van der Waals surface area contributed by atoms with Crippen molar-refractivity contribution in [2.75, 3.05) is 5.32 Å². The van der Waals surface area contributed by atoms with Crippen LogP contribution in [0.4, 0.5) is 10.1 Å². The van der Waals surface area contributed by atoms with E-state index >= 15 is 0 Å². The number of aromatic carboxylic acids is 1. The van der Waals surface area contributed by atoms with Gasteiger partial charge in [0.15, 0.2) is 0 Å². The third-order valence-electron chi connectivity index (χ3n) is 3.04. The summed E-state index contributed by atoms with van der Waals surface area (Å²) in [7, 11) is 0. The quantitative estimate of drug-likeness (QED) is 0.859. The minimum atomic E-state index is -1.06. The normalized spacial score (nSPS) is 12.4. The van der Waals surface area contributed by atoms with Gasteiger partial charge in [0, 0.05) is 4.88 Å². The molecule has 0 aliphatic rings. The van der Waals surface area contributed by atoms with Crippen LogP contribution < -0.4 is 5.32 Å². The molecule has 2 aromatic rings. The molecule has 3 nitrogen and oxygen atoms in total. The lowest BCUT2D eigenvalue weighted by atomic mass is 10.0. The zero-order valence-corrected chi connectivity index (χ0v) is 12.1. The first-order valence-corrected chi connectivity index (χ1v) is 7.19. The van der Waals surface area contributed by atoms with Crippen LogP contribution in [0.3, 0.4) is 0 Å². The molecule has 1 heterocycles. The molecule has 20 heavy (non-hydrogen) atoms. The molecular weight excluding hydrogens is 277 g/mol. The van der Waals surface area contributed by atoms with Crippen molar-refractivity contribution in [1.82, 2.24) is 0 Å². The molecule has 2 rings (SSSR count). The number of anilines is 1. The topological polar surface area (TPSA) is 49.3 Å². The molecule has 1 atom stereocenters. The van der Waals surface area contributed by atoms with Crippen LogP contribution in [0.15, 0.2) is 35.7 Å². The number of benzene rings is 1. The molecule has 5 heteroatoms. The Morgan fingerprint density at radius 2 is 2.10 bits per heavy atom. The number of thiophene rings is 1. The van der Waals surface area contributed by atoms with Gasteiger partial charge >= 0.3 is 5.97 Å². The van der Waals surface area contributed by atoms with Crippen molar-refractivity contribution in [1.29, 1.82) is 0 Å². The van der Waals surface area contributed by atoms with Gasteiger partial charge in [-0.2, -0.15) is 0 Å². The van der Waals surface area contributed by atoms with E-state index in [9.17, 15) is 9.18 Å². The van der Waals surface area contributed by atoms with Crippen LogP contribution in [0, 0.1) is 11.7 Å². The summed E-state index contributed by atoms with van der Waals surface area (Å²) in [5, 5.41) is 14.1. The highest BCUT2D eigenvalue weighted by Gasteiger charge is 2.19. The average molecular weight is 293 g/mol. The van der Waals surface area contributed by atoms with Crippen molar-refractivity contribution in [2.45, 2.75) is 19.9 Å². The highest BCUT2D eigenvalue weighted by atomic mass is 32.1. The van der Waals surface area contributed by atoms with Crippen LogP contribution in [0.25, 0.3) is 0 Å². The molecule has 0 saturated carbocycles. The maximum atomic E-state index is 13.8. The number of rotatable bonds is 5. The molecule has 0 bridgehead atoms. The maximum Gasteiger partial charge on any atom is 0.335 e. The number of halogens is 1. The van der Waals surface area contributed by atoms with E-state index in [1.165, 1.54) is 18.2 Å². The lowest BCUT2D eigenvalue weighted by molar-refractivity contribution is 0.0697. The van der Waals surface area contributed by atoms with Crippen molar-refractivity contribution in [3.8, 4) is 0 Å². The fourth-order valence-corrected chi connectivity index (χ4v) is 2.92. The van der Waals surface area contributed by atoms with Crippen molar-refractivity contribution >= 4 is 23.0 Å². The first-order chi connectivity index (χ1) is 9.49. The fraction of sp³-hybridized carbons (Fsp3) is 0.267. The molecule has 0 spiro atoms. The summed E-state index contributed by atoms with van der Waals surface area (Å²) in [6, 6.07) is 7.66. The summed E-state index contributed by atoms with van der Waals surface area (Å²) in [6.07, 6.45) is 0. The van der Waals surface area contributed by atoms with E-state index in [2.05, 4.69) is 5.32 Å². The van der Waals surface area contributed by atoms with Crippen molar-refractivity contribution in [2.24, 2.45) is 5.92 Å². The van der Waals surface area contributed by atoms with Crippen LogP contribution in [0.2, 0.25) is 0 Å². The summed E-state index contributed by atoms with van der Waals surface area (Å²) >= 11 is 1.59. The maximum absolute atomic E-state index is 13.8. The molecule has 1 unspecified atom stereocenters. The number of hydrogen-bond donors (Lipinski definition) is 2. The number of nitrogens with one attached hydrogen (secondary N) is 1. The summed E-state index contributed by atoms with van der Waals surface area (Å²) in [6.45, 7) is 4.08. The molecular formula is C15H16FNO2S. The summed E-state index contributed by atoms with van der Waals surface area (Å²) in [5.74, 6) is -1.26. The molecule has 0 fully saturated rings. The number of hydrogen-bond acceptors (Lipinski definition) is 3. The van der Waals surface area contributed by atoms with Crippen molar-refractivity contribution in [3.05, 3.63) is 52.0 Å². The van der Waals surface area contributed by atoms with Crippen molar-refractivity contribution < 1.29 is 14.3 Å². The van der Waals surface area contributed by atoms with Gasteiger partial charge < -0.3 is 10.4 Å². The monoisotopic (exact) mass is 293 g/mol. The summed E-state index contributed by atoms with van der Waals surface area (Å²) in [4.78, 5) is 12.1. The third kappa shape index (κ3) is 3.17. The Hall–Kier alpha value is -1.88. The first kappa shape index (κ1) is 14.5. The van der Waals surface area contributed by atoms with Gasteiger partial charge in [-0.05, 0) is 35.6 Å². The Kier molecular flexibility index (Phi) is 4.39. The average Bonchev–Trinajstić information content (AvgIpc) is 2.90. The standard InChI is InChI=1S/C15H16FNO2S/c1-9(2)14(13-4-3-7-20-13)17-12-8-10(15(18)19)5-6-11(12)16/h3-9,14,17H,1-2H3,(H,18,19). The largest absolute Gasteiger partial charge is 0.478 e. The molecule has 0 aliphatic carbocycles. The van der Waals surface area contributed by atoms with Crippen molar-refractivity contribution in [3.63, 3.8) is 0 Å². The second-order valence-corrected chi connectivity index (χ2v) is 5.86. The second kappa shape index (κ2) is 6.05. The molecule has 1 aromatic carbocycles. The number of carbonyl (C=O) groups is 1. The van der Waals surface area contributed by atoms with Gasteiger partial charge in [-0.25, -0.2) is 9.18 Å². The molecule has 0 aliphatic heterocycles. The van der Waals surface area contributed by atoms with E-state index < -0.39 is 11.8 Å². The number of carboxylic acids is 1. The number of carboxylic acid groups (broad SMARTS) is 1. The van der Waals surface area contributed by atoms with Crippen LogP contribution in [0.1, 0.15) is 35.1 Å². The van der Waals surface area contributed by atoms with E-state index in [4.69, 9.17) is 5.11 Å². The van der Waals surface area contributed by atoms with E-state index in [0.717, 1.165) is 4.88 Å². The minimum Gasteiger partial charge on any atom is -0.478 e. The van der Waals surface area contributed by atoms with Gasteiger partial charge in [0.05, 0.1) is 17.3 Å². The Morgan fingerprint density at radius 3 is 2.65 bits per heavy atom. The van der Waals surface area contributed by atoms with Crippen LogP contribution >= 0.6 is 11.3 Å². The smallest absolute Gasteiger partial charge is 0.335 e. The zero-order valence-electron chi connectivity index (χ0n) is 11.3. The summed E-state index contributed by atoms with van der Waals surface area (Å²) in [5.41, 5.74) is 0.291. The molecule has 106 valence electrons. The van der Waals surface area contributed by atoms with Crippen LogP contribution in [-0.2, 0) is 0 Å². The van der Waals surface area contributed by atoms with Gasteiger partial charge in [0.25, 0.3) is 0 Å². The molecule has 1 aromatic heterocycles. The highest BCUT2D eigenvalue weighted by molar-refractivity contribution is 7.10. The Labute approximate surface area is 121 Å². The third-order valence-corrected chi connectivity index (χ3v) is 4.00. The fourth-order valence-electron chi connectivity index (χ4n) is 1.97.